The van der Waals surface area contributed by atoms with E-state index in [0.29, 0.717) is 13.1 Å². The van der Waals surface area contributed by atoms with E-state index in [9.17, 15) is 4.79 Å². The lowest BCUT2D eigenvalue weighted by molar-refractivity contribution is 0.202. The molecule has 2 rings (SSSR count). The lowest BCUT2D eigenvalue weighted by atomic mass is 10.2. The second-order valence-electron chi connectivity index (χ2n) is 4.11. The second-order valence-corrected chi connectivity index (χ2v) is 4.11. The van der Waals surface area contributed by atoms with E-state index in [-0.39, 0.29) is 0 Å². The summed E-state index contributed by atoms with van der Waals surface area (Å²) in [5, 5.41) is 0. The van der Waals surface area contributed by atoms with Crippen LogP contribution in [0.5, 0.6) is 0 Å². The number of hydrogen-bond acceptors (Lipinski definition) is 2. The molecule has 1 heterocycles. The molecule has 1 aromatic rings. The van der Waals surface area contributed by atoms with Crippen LogP contribution in [0.1, 0.15) is 5.56 Å². The third-order valence-corrected chi connectivity index (χ3v) is 2.97. The van der Waals surface area contributed by atoms with Gasteiger partial charge < -0.3 is 9.80 Å². The van der Waals surface area contributed by atoms with Gasteiger partial charge in [0, 0.05) is 31.9 Å². The number of benzene rings is 1. The molecule has 0 atom stereocenters. The van der Waals surface area contributed by atoms with Crippen LogP contribution in [0.4, 0.5) is 10.5 Å². The van der Waals surface area contributed by atoms with Crippen molar-refractivity contribution in [2.24, 2.45) is 0 Å². The highest BCUT2D eigenvalue weighted by Gasteiger charge is 2.19. The van der Waals surface area contributed by atoms with Crippen LogP contribution in [0.15, 0.2) is 24.3 Å². The van der Waals surface area contributed by atoms with Crippen molar-refractivity contribution >= 4 is 11.7 Å². The van der Waals surface area contributed by atoms with Crippen LogP contribution in [-0.4, -0.2) is 37.1 Å². The molecule has 85 valence electrons. The maximum atomic E-state index is 10.9. The molecule has 1 fully saturated rings. The first-order valence-corrected chi connectivity index (χ1v) is 5.49. The first-order valence-electron chi connectivity index (χ1n) is 5.49. The van der Waals surface area contributed by atoms with Crippen molar-refractivity contribution in [2.75, 3.05) is 31.1 Å². The molecule has 1 radical (unpaired) electrons. The van der Waals surface area contributed by atoms with Gasteiger partial charge in [0.2, 0.25) is 0 Å². The van der Waals surface area contributed by atoms with Gasteiger partial charge in [0.15, 0.2) is 0 Å². The summed E-state index contributed by atoms with van der Waals surface area (Å²) in [5.41, 5.74) is 9.49. The van der Waals surface area contributed by atoms with Crippen LogP contribution in [0.3, 0.4) is 0 Å². The van der Waals surface area contributed by atoms with Crippen molar-refractivity contribution in [3.05, 3.63) is 29.8 Å². The minimum absolute atomic E-state index is 0.566. The van der Waals surface area contributed by atoms with E-state index in [4.69, 9.17) is 5.73 Å². The summed E-state index contributed by atoms with van der Waals surface area (Å²) in [6.45, 7) is 4.99. The zero-order valence-corrected chi connectivity index (χ0v) is 9.44. The molecule has 0 unspecified atom stereocenters. The molecule has 16 heavy (non-hydrogen) atoms. The number of aryl methyl sites for hydroxylation is 1. The Kier molecular flexibility index (Phi) is 2.99. The monoisotopic (exact) mass is 218 g/mol. The standard InChI is InChI=1S/C12H16N3O/c1-10-2-4-11(5-3-10)14-6-8-15(9-7-14)12(13)16/h2-5,13H,6-9H2,1H3. The number of carbonyl (C=O) groups is 1. The molecule has 1 N–H and O–H groups in total. The molecule has 1 aliphatic rings. The zero-order chi connectivity index (χ0) is 11.5. The highest BCUT2D eigenvalue weighted by molar-refractivity contribution is 5.71. The van der Waals surface area contributed by atoms with Gasteiger partial charge in [-0.15, -0.1) is 0 Å². The average molecular weight is 218 g/mol. The lowest BCUT2D eigenvalue weighted by Gasteiger charge is -2.35. The molecule has 0 spiro atoms. The third kappa shape index (κ3) is 2.27. The molecular formula is C12H16N3O. The van der Waals surface area contributed by atoms with Crippen molar-refractivity contribution in [3.8, 4) is 0 Å². The molecule has 2 amide bonds. The summed E-state index contributed by atoms with van der Waals surface area (Å²) in [7, 11) is 0. The number of anilines is 1. The smallest absolute Gasteiger partial charge is 0.336 e. The Morgan fingerprint density at radius 1 is 1.12 bits per heavy atom. The predicted molar refractivity (Wildman–Crippen MR) is 63.5 cm³/mol. The number of nitrogens with zero attached hydrogens (tertiary/aromatic N) is 2. The number of amides is 2. The lowest BCUT2D eigenvalue weighted by Crippen LogP contribution is -2.48. The van der Waals surface area contributed by atoms with Crippen LogP contribution in [0.2, 0.25) is 0 Å². The summed E-state index contributed by atoms with van der Waals surface area (Å²) in [5.74, 6) is 0. The van der Waals surface area contributed by atoms with Gasteiger partial charge in [-0.3, -0.25) is 0 Å². The molecule has 0 saturated carbocycles. The average Bonchev–Trinajstić information content (AvgIpc) is 2.30. The first-order chi connectivity index (χ1) is 7.66. The topological polar surface area (TPSA) is 47.4 Å². The van der Waals surface area contributed by atoms with E-state index >= 15 is 0 Å². The molecule has 0 bridgehead atoms. The zero-order valence-electron chi connectivity index (χ0n) is 9.44. The van der Waals surface area contributed by atoms with E-state index in [1.165, 1.54) is 11.3 Å². The maximum absolute atomic E-state index is 10.9. The molecule has 1 aromatic carbocycles. The highest BCUT2D eigenvalue weighted by atomic mass is 16.2. The summed E-state index contributed by atoms with van der Waals surface area (Å²) < 4.78 is 0. The highest BCUT2D eigenvalue weighted by Crippen LogP contribution is 2.16. The Bertz CT molecular complexity index is 366. The van der Waals surface area contributed by atoms with Crippen LogP contribution >= 0.6 is 0 Å². The van der Waals surface area contributed by atoms with Crippen LogP contribution < -0.4 is 10.6 Å². The van der Waals surface area contributed by atoms with Crippen LogP contribution in [0.25, 0.3) is 0 Å². The second kappa shape index (κ2) is 4.43. The molecule has 4 nitrogen and oxygen atoms in total. The van der Waals surface area contributed by atoms with Crippen molar-refractivity contribution < 1.29 is 4.79 Å². The van der Waals surface area contributed by atoms with Gasteiger partial charge in [0.1, 0.15) is 0 Å². The fourth-order valence-corrected chi connectivity index (χ4v) is 1.92. The molecular weight excluding hydrogens is 202 g/mol. The van der Waals surface area contributed by atoms with E-state index < -0.39 is 6.03 Å². The van der Waals surface area contributed by atoms with E-state index in [1.54, 1.807) is 4.90 Å². The van der Waals surface area contributed by atoms with Gasteiger partial charge in [-0.05, 0) is 19.1 Å². The van der Waals surface area contributed by atoms with Gasteiger partial charge in [-0.25, -0.2) is 10.5 Å². The number of piperazine rings is 1. The van der Waals surface area contributed by atoms with Gasteiger partial charge in [0.25, 0.3) is 0 Å². The minimum Gasteiger partial charge on any atom is -0.368 e. The summed E-state index contributed by atoms with van der Waals surface area (Å²) in [4.78, 5) is 14.7. The quantitative estimate of drug-likeness (QED) is 0.717. The fourth-order valence-electron chi connectivity index (χ4n) is 1.92. The number of nitrogens with one attached hydrogen (secondary N) is 1. The molecule has 0 aromatic heterocycles. The molecule has 1 saturated heterocycles. The van der Waals surface area contributed by atoms with Gasteiger partial charge in [0.05, 0.1) is 0 Å². The first kappa shape index (κ1) is 10.8. The largest absolute Gasteiger partial charge is 0.368 e. The van der Waals surface area contributed by atoms with Crippen molar-refractivity contribution in [1.82, 2.24) is 10.6 Å². The summed E-state index contributed by atoms with van der Waals surface area (Å²) in [6, 6.07) is 7.83. The minimum atomic E-state index is -0.566. The van der Waals surface area contributed by atoms with Gasteiger partial charge >= 0.3 is 6.03 Å². The van der Waals surface area contributed by atoms with Crippen LogP contribution in [0, 0.1) is 6.92 Å². The summed E-state index contributed by atoms with van der Waals surface area (Å²) in [6.07, 6.45) is 0. The summed E-state index contributed by atoms with van der Waals surface area (Å²) >= 11 is 0. The van der Waals surface area contributed by atoms with Gasteiger partial charge in [-0.2, -0.15) is 0 Å². The van der Waals surface area contributed by atoms with E-state index in [2.05, 4.69) is 36.1 Å². The Balaban J connectivity index is 1.99. The van der Waals surface area contributed by atoms with E-state index in [1.807, 2.05) is 0 Å². The number of urea groups is 1. The SMILES string of the molecule is Cc1ccc(N2CCN(C([NH])=O)CC2)cc1. The normalized spacial score (nSPS) is 16.3. The van der Waals surface area contributed by atoms with Crippen molar-refractivity contribution in [2.45, 2.75) is 6.92 Å². The van der Waals surface area contributed by atoms with E-state index in [0.717, 1.165) is 13.1 Å². The molecule has 4 heteroatoms. The Hall–Kier alpha value is -1.71. The Labute approximate surface area is 95.6 Å². The fraction of sp³-hybridized carbons (Fsp3) is 0.417. The van der Waals surface area contributed by atoms with Crippen LogP contribution in [-0.2, 0) is 0 Å². The van der Waals surface area contributed by atoms with Crippen molar-refractivity contribution in [3.63, 3.8) is 0 Å². The molecule has 1 aliphatic heterocycles. The number of carbonyl (C=O) groups excluding carboxylic acids is 1. The third-order valence-electron chi connectivity index (χ3n) is 2.97. The number of rotatable bonds is 1. The predicted octanol–water partition coefficient (Wildman–Crippen LogP) is 1.52. The van der Waals surface area contributed by atoms with Gasteiger partial charge in [-0.1, -0.05) is 17.7 Å². The maximum Gasteiger partial charge on any atom is 0.336 e. The van der Waals surface area contributed by atoms with Crippen molar-refractivity contribution in [1.29, 1.82) is 0 Å². The Morgan fingerprint density at radius 3 is 2.19 bits per heavy atom. The molecule has 0 aliphatic carbocycles. The Morgan fingerprint density at radius 2 is 1.69 bits per heavy atom. The number of hydrogen-bond donors (Lipinski definition) is 0.